The third kappa shape index (κ3) is 1.27. The van der Waals surface area contributed by atoms with Crippen LogP contribution in [0.3, 0.4) is 0 Å². The SMILES string of the molecule is Cc1nn2c(C(=O)O)nnc2c2ccccc12. The van der Waals surface area contributed by atoms with Gasteiger partial charge in [0.1, 0.15) is 0 Å². The summed E-state index contributed by atoms with van der Waals surface area (Å²) in [6.45, 7) is 1.83. The van der Waals surface area contributed by atoms with Gasteiger partial charge in [0, 0.05) is 10.8 Å². The van der Waals surface area contributed by atoms with Crippen molar-refractivity contribution in [2.24, 2.45) is 0 Å². The number of carboxylic acid groups (broad SMARTS) is 1. The predicted molar refractivity (Wildman–Crippen MR) is 60.0 cm³/mol. The molecule has 0 saturated carbocycles. The number of fused-ring (bicyclic) bond motifs is 3. The predicted octanol–water partition coefficient (Wildman–Crippen LogP) is 1.28. The van der Waals surface area contributed by atoms with Crippen LogP contribution in [0.2, 0.25) is 0 Å². The van der Waals surface area contributed by atoms with Crippen LogP contribution < -0.4 is 0 Å². The highest BCUT2D eigenvalue weighted by atomic mass is 16.4. The molecule has 0 radical (unpaired) electrons. The molecule has 0 aliphatic carbocycles. The minimum atomic E-state index is -1.14. The van der Waals surface area contributed by atoms with Gasteiger partial charge in [0.25, 0.3) is 5.82 Å². The highest BCUT2D eigenvalue weighted by Crippen LogP contribution is 2.20. The van der Waals surface area contributed by atoms with E-state index in [0.717, 1.165) is 16.5 Å². The van der Waals surface area contributed by atoms with Crippen molar-refractivity contribution in [3.63, 3.8) is 0 Å². The number of benzene rings is 1. The molecule has 2 heterocycles. The summed E-state index contributed by atoms with van der Waals surface area (Å²) in [6, 6.07) is 7.57. The van der Waals surface area contributed by atoms with Gasteiger partial charge in [-0.3, -0.25) is 0 Å². The first-order chi connectivity index (χ1) is 8.18. The molecule has 84 valence electrons. The van der Waals surface area contributed by atoms with Crippen molar-refractivity contribution in [1.82, 2.24) is 19.8 Å². The summed E-state index contributed by atoms with van der Waals surface area (Å²) in [6.07, 6.45) is 0. The van der Waals surface area contributed by atoms with Gasteiger partial charge in [-0.05, 0) is 6.92 Å². The number of hydrogen-bond acceptors (Lipinski definition) is 4. The van der Waals surface area contributed by atoms with E-state index in [-0.39, 0.29) is 5.82 Å². The van der Waals surface area contributed by atoms with Gasteiger partial charge in [0.05, 0.1) is 5.69 Å². The summed E-state index contributed by atoms with van der Waals surface area (Å²) in [4.78, 5) is 11.0. The Hall–Kier alpha value is -2.50. The Morgan fingerprint density at radius 3 is 2.65 bits per heavy atom. The number of nitrogens with zero attached hydrogens (tertiary/aromatic N) is 4. The zero-order valence-electron chi connectivity index (χ0n) is 8.95. The van der Waals surface area contributed by atoms with Crippen LogP contribution in [-0.2, 0) is 0 Å². The number of carboxylic acids is 1. The average molecular weight is 228 g/mol. The van der Waals surface area contributed by atoms with Gasteiger partial charge >= 0.3 is 5.97 Å². The summed E-state index contributed by atoms with van der Waals surface area (Å²) in [5, 5.41) is 22.5. The molecular formula is C11H8N4O2. The van der Waals surface area contributed by atoms with Crippen molar-refractivity contribution >= 4 is 22.4 Å². The average Bonchev–Trinajstić information content (AvgIpc) is 2.73. The van der Waals surface area contributed by atoms with Gasteiger partial charge in [0.2, 0.25) is 0 Å². The first-order valence-corrected chi connectivity index (χ1v) is 5.02. The van der Waals surface area contributed by atoms with Gasteiger partial charge in [-0.1, -0.05) is 24.3 Å². The molecule has 0 amide bonds. The molecule has 0 saturated heterocycles. The van der Waals surface area contributed by atoms with E-state index in [4.69, 9.17) is 5.11 Å². The van der Waals surface area contributed by atoms with Gasteiger partial charge in [-0.25, -0.2) is 4.79 Å². The molecule has 6 heteroatoms. The standard InChI is InChI=1S/C11H8N4O2/c1-6-7-4-2-3-5-8(7)9-12-13-10(11(16)17)15(9)14-6/h2-5H,1H3,(H,16,17). The maximum atomic E-state index is 11.0. The zero-order valence-corrected chi connectivity index (χ0v) is 8.95. The minimum Gasteiger partial charge on any atom is -0.475 e. The summed E-state index contributed by atoms with van der Waals surface area (Å²) < 4.78 is 1.26. The first kappa shape index (κ1) is 9.71. The minimum absolute atomic E-state index is 0.172. The topological polar surface area (TPSA) is 80.4 Å². The molecule has 0 unspecified atom stereocenters. The third-order valence-corrected chi connectivity index (χ3v) is 2.64. The van der Waals surface area contributed by atoms with E-state index < -0.39 is 5.97 Å². The van der Waals surface area contributed by atoms with Crippen LogP contribution in [0.15, 0.2) is 24.3 Å². The van der Waals surface area contributed by atoms with Crippen molar-refractivity contribution in [3.05, 3.63) is 35.8 Å². The van der Waals surface area contributed by atoms with Gasteiger partial charge in [-0.2, -0.15) is 9.61 Å². The number of aromatic nitrogens is 4. The molecule has 0 spiro atoms. The molecule has 3 aromatic rings. The van der Waals surface area contributed by atoms with Gasteiger partial charge in [0.15, 0.2) is 5.65 Å². The molecule has 0 aliphatic rings. The molecule has 0 bridgehead atoms. The Morgan fingerprint density at radius 2 is 1.94 bits per heavy atom. The van der Waals surface area contributed by atoms with Crippen molar-refractivity contribution in [3.8, 4) is 0 Å². The first-order valence-electron chi connectivity index (χ1n) is 5.02. The van der Waals surface area contributed by atoms with Crippen molar-refractivity contribution in [1.29, 1.82) is 0 Å². The molecule has 6 nitrogen and oxygen atoms in total. The number of rotatable bonds is 1. The molecule has 2 aromatic heterocycles. The van der Waals surface area contributed by atoms with E-state index in [1.54, 1.807) is 0 Å². The monoisotopic (exact) mass is 228 g/mol. The highest BCUT2D eigenvalue weighted by molar-refractivity contribution is 5.96. The maximum absolute atomic E-state index is 11.0. The molecule has 0 atom stereocenters. The molecule has 3 rings (SSSR count). The zero-order chi connectivity index (χ0) is 12.0. The Morgan fingerprint density at radius 1 is 1.24 bits per heavy atom. The van der Waals surface area contributed by atoms with Crippen LogP contribution in [0.5, 0.6) is 0 Å². The van der Waals surface area contributed by atoms with Crippen LogP contribution in [0.25, 0.3) is 16.4 Å². The van der Waals surface area contributed by atoms with Crippen LogP contribution in [0.4, 0.5) is 0 Å². The second kappa shape index (κ2) is 3.24. The third-order valence-electron chi connectivity index (χ3n) is 2.64. The summed E-state index contributed by atoms with van der Waals surface area (Å²) >= 11 is 0. The van der Waals surface area contributed by atoms with Crippen molar-refractivity contribution < 1.29 is 9.90 Å². The Bertz CT molecular complexity index is 748. The quantitative estimate of drug-likeness (QED) is 0.678. The lowest BCUT2D eigenvalue weighted by Crippen LogP contribution is -2.07. The Balaban J connectivity index is 2.54. The lowest BCUT2D eigenvalue weighted by molar-refractivity contribution is 0.0680. The largest absolute Gasteiger partial charge is 0.475 e. The van der Waals surface area contributed by atoms with Gasteiger partial charge in [-0.15, -0.1) is 10.2 Å². The smallest absolute Gasteiger partial charge is 0.375 e. The summed E-state index contributed by atoms with van der Waals surface area (Å²) in [5.41, 5.74) is 1.21. The number of aryl methyl sites for hydroxylation is 1. The van der Waals surface area contributed by atoms with Crippen LogP contribution in [0.1, 0.15) is 16.3 Å². The highest BCUT2D eigenvalue weighted by Gasteiger charge is 2.16. The van der Waals surface area contributed by atoms with Gasteiger partial charge < -0.3 is 5.11 Å². The van der Waals surface area contributed by atoms with E-state index >= 15 is 0 Å². The van der Waals surface area contributed by atoms with Crippen LogP contribution in [-0.4, -0.2) is 30.9 Å². The fourth-order valence-corrected chi connectivity index (χ4v) is 1.87. The molecule has 17 heavy (non-hydrogen) atoms. The van der Waals surface area contributed by atoms with Crippen molar-refractivity contribution in [2.45, 2.75) is 6.92 Å². The lowest BCUT2D eigenvalue weighted by atomic mass is 10.1. The molecule has 1 N–H and O–H groups in total. The number of carbonyl (C=O) groups is 1. The van der Waals surface area contributed by atoms with E-state index in [1.165, 1.54) is 4.52 Å². The van der Waals surface area contributed by atoms with E-state index in [0.29, 0.717) is 5.65 Å². The van der Waals surface area contributed by atoms with Crippen LogP contribution in [0, 0.1) is 6.92 Å². The van der Waals surface area contributed by atoms with E-state index in [9.17, 15) is 4.79 Å². The molecular weight excluding hydrogens is 220 g/mol. The molecule has 0 fully saturated rings. The second-order valence-electron chi connectivity index (χ2n) is 3.70. The van der Waals surface area contributed by atoms with Crippen LogP contribution >= 0.6 is 0 Å². The maximum Gasteiger partial charge on any atom is 0.375 e. The Kier molecular flexibility index (Phi) is 1.85. The molecule has 1 aromatic carbocycles. The normalized spacial score (nSPS) is 11.1. The van der Waals surface area contributed by atoms with E-state index in [1.807, 2.05) is 31.2 Å². The Labute approximate surface area is 95.5 Å². The fourth-order valence-electron chi connectivity index (χ4n) is 1.87. The number of aromatic carboxylic acids is 1. The van der Waals surface area contributed by atoms with E-state index in [2.05, 4.69) is 15.3 Å². The van der Waals surface area contributed by atoms with Crippen molar-refractivity contribution in [2.75, 3.05) is 0 Å². The summed E-state index contributed by atoms with van der Waals surface area (Å²) in [7, 11) is 0. The lowest BCUT2D eigenvalue weighted by Gasteiger charge is -2.02. The summed E-state index contributed by atoms with van der Waals surface area (Å²) in [5.74, 6) is -1.31. The fraction of sp³-hybridized carbons (Fsp3) is 0.0909. The molecule has 0 aliphatic heterocycles. The number of hydrogen-bond donors (Lipinski definition) is 1. The second-order valence-corrected chi connectivity index (χ2v) is 3.70.